The highest BCUT2D eigenvalue weighted by molar-refractivity contribution is 5.30. The van der Waals surface area contributed by atoms with Crippen LogP contribution in [0, 0.1) is 6.92 Å². The molecular weight excluding hydrogens is 188 g/mol. The highest BCUT2D eigenvalue weighted by Gasteiger charge is 2.22. The van der Waals surface area contributed by atoms with Crippen LogP contribution < -0.4 is 0 Å². The maximum Gasteiger partial charge on any atom is 0.213 e. The minimum atomic E-state index is -0.153. The second kappa shape index (κ2) is 4.25. The van der Waals surface area contributed by atoms with Crippen LogP contribution in [-0.4, -0.2) is 14.9 Å². The molecule has 3 heteroatoms. The fourth-order valence-electron chi connectivity index (χ4n) is 1.66. The molecule has 0 fully saturated rings. The molecule has 0 spiro atoms. The van der Waals surface area contributed by atoms with E-state index in [-0.39, 0.29) is 5.54 Å². The van der Waals surface area contributed by atoms with Gasteiger partial charge in [-0.3, -0.25) is 0 Å². The number of hydrogen-bond acceptors (Lipinski definition) is 2. The summed E-state index contributed by atoms with van der Waals surface area (Å²) in [6, 6.07) is 0. The molecule has 0 bridgehead atoms. The van der Waals surface area contributed by atoms with Gasteiger partial charge in [-0.2, -0.15) is 5.10 Å². The van der Waals surface area contributed by atoms with Crippen molar-refractivity contribution >= 4 is 0 Å². The predicted molar refractivity (Wildman–Crippen MR) is 62.2 cm³/mol. The van der Waals surface area contributed by atoms with E-state index in [9.17, 15) is 5.11 Å². The zero-order valence-electron chi connectivity index (χ0n) is 10.5. The highest BCUT2D eigenvalue weighted by atomic mass is 16.3. The Labute approximate surface area is 92.1 Å². The van der Waals surface area contributed by atoms with E-state index in [0.717, 1.165) is 30.5 Å². The van der Waals surface area contributed by atoms with E-state index in [0.29, 0.717) is 5.88 Å². The molecule has 0 aromatic carbocycles. The van der Waals surface area contributed by atoms with E-state index in [4.69, 9.17) is 0 Å². The number of aryl methyl sites for hydroxylation is 1. The highest BCUT2D eigenvalue weighted by Crippen LogP contribution is 2.28. The van der Waals surface area contributed by atoms with E-state index >= 15 is 0 Å². The van der Waals surface area contributed by atoms with Crippen molar-refractivity contribution in [2.75, 3.05) is 0 Å². The van der Waals surface area contributed by atoms with E-state index in [1.54, 1.807) is 4.68 Å². The summed E-state index contributed by atoms with van der Waals surface area (Å²) in [5.41, 5.74) is 1.81. The molecule has 86 valence electrons. The second-order valence-corrected chi connectivity index (χ2v) is 5.07. The number of rotatable bonds is 3. The average Bonchev–Trinajstić information content (AvgIpc) is 2.39. The topological polar surface area (TPSA) is 38.0 Å². The van der Waals surface area contributed by atoms with Crippen LogP contribution in [0.5, 0.6) is 5.88 Å². The van der Waals surface area contributed by atoms with Crippen LogP contribution >= 0.6 is 0 Å². The Bertz CT molecular complexity index is 334. The Morgan fingerprint density at radius 2 is 1.93 bits per heavy atom. The van der Waals surface area contributed by atoms with Crippen LogP contribution in [0.25, 0.3) is 0 Å². The minimum Gasteiger partial charge on any atom is -0.493 e. The largest absolute Gasteiger partial charge is 0.493 e. The second-order valence-electron chi connectivity index (χ2n) is 5.07. The third kappa shape index (κ3) is 2.52. The number of aromatic nitrogens is 2. The number of nitrogens with zero attached hydrogens (tertiary/aromatic N) is 2. The summed E-state index contributed by atoms with van der Waals surface area (Å²) in [5, 5.41) is 14.5. The molecule has 1 rings (SSSR count). The normalized spacial score (nSPS) is 12.1. The van der Waals surface area contributed by atoms with Gasteiger partial charge >= 0.3 is 0 Å². The molecule has 1 aromatic rings. The first kappa shape index (κ1) is 12.1. The van der Waals surface area contributed by atoms with Crippen molar-refractivity contribution in [3.05, 3.63) is 11.3 Å². The third-order valence-corrected chi connectivity index (χ3v) is 2.57. The summed E-state index contributed by atoms with van der Waals surface area (Å²) in [4.78, 5) is 0. The van der Waals surface area contributed by atoms with Crippen LogP contribution in [0.4, 0.5) is 0 Å². The van der Waals surface area contributed by atoms with Crippen LogP contribution in [-0.2, 0) is 12.0 Å². The van der Waals surface area contributed by atoms with Gasteiger partial charge in [-0.1, -0.05) is 13.3 Å². The van der Waals surface area contributed by atoms with Crippen LogP contribution in [0.3, 0.4) is 0 Å². The Hall–Kier alpha value is -0.990. The molecule has 1 N–H and O–H groups in total. The van der Waals surface area contributed by atoms with Gasteiger partial charge in [0.05, 0.1) is 11.2 Å². The molecule has 0 aliphatic heterocycles. The van der Waals surface area contributed by atoms with Crippen molar-refractivity contribution in [1.82, 2.24) is 9.78 Å². The molecule has 0 radical (unpaired) electrons. The zero-order chi connectivity index (χ0) is 11.6. The van der Waals surface area contributed by atoms with Gasteiger partial charge < -0.3 is 5.11 Å². The van der Waals surface area contributed by atoms with E-state index < -0.39 is 0 Å². The first-order chi connectivity index (χ1) is 6.88. The van der Waals surface area contributed by atoms with Gasteiger partial charge in [-0.25, -0.2) is 4.68 Å². The maximum absolute atomic E-state index is 10.1. The van der Waals surface area contributed by atoms with Crippen LogP contribution in [0.1, 0.15) is 51.8 Å². The molecule has 3 nitrogen and oxygen atoms in total. The minimum absolute atomic E-state index is 0.153. The smallest absolute Gasteiger partial charge is 0.213 e. The Kier molecular flexibility index (Phi) is 3.42. The fourth-order valence-corrected chi connectivity index (χ4v) is 1.66. The van der Waals surface area contributed by atoms with Gasteiger partial charge in [0, 0.05) is 5.56 Å². The number of unbranched alkanes of at least 4 members (excludes halogenated alkanes) is 1. The van der Waals surface area contributed by atoms with Gasteiger partial charge in [0.25, 0.3) is 0 Å². The molecule has 0 aliphatic carbocycles. The van der Waals surface area contributed by atoms with Gasteiger partial charge in [-0.15, -0.1) is 0 Å². The molecule has 1 aromatic heterocycles. The third-order valence-electron chi connectivity index (χ3n) is 2.57. The van der Waals surface area contributed by atoms with E-state index in [1.807, 2.05) is 27.7 Å². The van der Waals surface area contributed by atoms with Gasteiger partial charge in [-0.05, 0) is 40.5 Å². The maximum atomic E-state index is 10.1. The summed E-state index contributed by atoms with van der Waals surface area (Å²) in [6.45, 7) is 10.3. The molecule has 0 aliphatic rings. The first-order valence-corrected chi connectivity index (χ1v) is 5.66. The molecular formula is C12H22N2O. The monoisotopic (exact) mass is 210 g/mol. The average molecular weight is 210 g/mol. The molecule has 15 heavy (non-hydrogen) atoms. The van der Waals surface area contributed by atoms with Crippen LogP contribution in [0.15, 0.2) is 0 Å². The lowest BCUT2D eigenvalue weighted by atomic mass is 10.1. The van der Waals surface area contributed by atoms with Crippen LogP contribution in [0.2, 0.25) is 0 Å². The fraction of sp³-hybridized carbons (Fsp3) is 0.750. The Morgan fingerprint density at radius 1 is 1.33 bits per heavy atom. The van der Waals surface area contributed by atoms with E-state index in [1.165, 1.54) is 0 Å². The Balaban J connectivity index is 3.04. The summed E-state index contributed by atoms with van der Waals surface area (Å²) in [6.07, 6.45) is 3.16. The quantitative estimate of drug-likeness (QED) is 0.832. The summed E-state index contributed by atoms with van der Waals surface area (Å²) in [7, 11) is 0. The van der Waals surface area contributed by atoms with Gasteiger partial charge in [0.15, 0.2) is 0 Å². The molecule has 0 saturated heterocycles. The molecule has 0 atom stereocenters. The van der Waals surface area contributed by atoms with Crippen molar-refractivity contribution in [2.24, 2.45) is 0 Å². The summed E-state index contributed by atoms with van der Waals surface area (Å²) < 4.78 is 1.72. The van der Waals surface area contributed by atoms with Crippen molar-refractivity contribution in [3.63, 3.8) is 0 Å². The Morgan fingerprint density at radius 3 is 2.33 bits per heavy atom. The standard InChI is InChI=1S/C12H22N2O/c1-6-7-8-10-9(2)13-14(11(10)15)12(3,4)5/h15H,6-8H2,1-5H3. The molecule has 1 heterocycles. The van der Waals surface area contributed by atoms with Gasteiger partial charge in [0.1, 0.15) is 0 Å². The van der Waals surface area contributed by atoms with Crippen molar-refractivity contribution in [2.45, 2.75) is 59.4 Å². The lowest BCUT2D eigenvalue weighted by Gasteiger charge is -2.20. The first-order valence-electron chi connectivity index (χ1n) is 5.66. The summed E-state index contributed by atoms with van der Waals surface area (Å²) >= 11 is 0. The zero-order valence-corrected chi connectivity index (χ0v) is 10.5. The number of hydrogen-bond donors (Lipinski definition) is 1. The molecule has 0 unspecified atom stereocenters. The van der Waals surface area contributed by atoms with Crippen molar-refractivity contribution in [1.29, 1.82) is 0 Å². The van der Waals surface area contributed by atoms with Gasteiger partial charge in [0.2, 0.25) is 5.88 Å². The summed E-state index contributed by atoms with van der Waals surface area (Å²) in [5.74, 6) is 0.341. The van der Waals surface area contributed by atoms with Crippen molar-refractivity contribution in [3.8, 4) is 5.88 Å². The predicted octanol–water partition coefficient (Wildman–Crippen LogP) is 2.99. The lowest BCUT2D eigenvalue weighted by molar-refractivity contribution is 0.292. The van der Waals surface area contributed by atoms with Crippen molar-refractivity contribution < 1.29 is 5.11 Å². The molecule has 0 saturated carbocycles. The molecule has 0 amide bonds. The number of aromatic hydroxyl groups is 1. The lowest BCUT2D eigenvalue weighted by Crippen LogP contribution is -2.22. The van der Waals surface area contributed by atoms with E-state index in [2.05, 4.69) is 12.0 Å². The SMILES string of the molecule is CCCCc1c(C)nn(C(C)(C)C)c1O.